The lowest BCUT2D eigenvalue weighted by atomic mass is 10.1. The Morgan fingerprint density at radius 1 is 1.38 bits per heavy atom. The lowest BCUT2D eigenvalue weighted by Gasteiger charge is -2.10. The zero-order valence-electron chi connectivity index (χ0n) is 11.3. The van der Waals surface area contributed by atoms with E-state index in [2.05, 4.69) is 5.32 Å². The van der Waals surface area contributed by atoms with Crippen LogP contribution in [0.15, 0.2) is 23.6 Å². The molecule has 21 heavy (non-hydrogen) atoms. The van der Waals surface area contributed by atoms with Crippen LogP contribution in [0.1, 0.15) is 25.6 Å². The van der Waals surface area contributed by atoms with E-state index in [1.165, 1.54) is 19.2 Å². The molecule has 2 rings (SSSR count). The lowest BCUT2D eigenvalue weighted by Crippen LogP contribution is -2.15. The van der Waals surface area contributed by atoms with Gasteiger partial charge in [0.05, 0.1) is 18.4 Å². The number of halogens is 1. The molecular weight excluding hydrogens is 314 g/mol. The van der Waals surface area contributed by atoms with Gasteiger partial charge in [-0.05, 0) is 36.1 Å². The van der Waals surface area contributed by atoms with Gasteiger partial charge in [0, 0.05) is 5.02 Å². The monoisotopic (exact) mass is 325 g/mol. The van der Waals surface area contributed by atoms with Crippen LogP contribution in [0.3, 0.4) is 0 Å². The van der Waals surface area contributed by atoms with Crippen LogP contribution in [0, 0.1) is 6.92 Å². The predicted octanol–water partition coefficient (Wildman–Crippen LogP) is 3.67. The molecule has 1 amide bonds. The minimum absolute atomic E-state index is 0.0915. The number of nitrogens with one attached hydrogen (secondary N) is 1. The summed E-state index contributed by atoms with van der Waals surface area (Å²) in [4.78, 5) is 23.5. The molecule has 0 saturated carbocycles. The minimum atomic E-state index is -1.08. The molecule has 1 aromatic heterocycles. The number of carboxylic acid groups (broad SMARTS) is 1. The Morgan fingerprint density at radius 2 is 2.10 bits per heavy atom. The minimum Gasteiger partial charge on any atom is -0.496 e. The van der Waals surface area contributed by atoms with E-state index in [1.807, 2.05) is 0 Å². The number of aryl methyl sites for hydroxylation is 1. The largest absolute Gasteiger partial charge is 0.496 e. The smallest absolute Gasteiger partial charge is 0.348 e. The zero-order chi connectivity index (χ0) is 15.6. The van der Waals surface area contributed by atoms with Gasteiger partial charge >= 0.3 is 5.97 Å². The van der Waals surface area contributed by atoms with E-state index in [4.69, 9.17) is 21.4 Å². The molecule has 0 aliphatic heterocycles. The number of hydrogen-bond donors (Lipinski definition) is 2. The Kier molecular flexibility index (Phi) is 4.50. The van der Waals surface area contributed by atoms with Crippen molar-refractivity contribution in [2.45, 2.75) is 6.92 Å². The summed E-state index contributed by atoms with van der Waals surface area (Å²) < 4.78 is 5.12. The van der Waals surface area contributed by atoms with Gasteiger partial charge in [0.1, 0.15) is 10.6 Å². The van der Waals surface area contributed by atoms with Crippen molar-refractivity contribution >= 4 is 40.5 Å². The van der Waals surface area contributed by atoms with Crippen molar-refractivity contribution in [3.63, 3.8) is 0 Å². The molecule has 0 saturated heterocycles. The van der Waals surface area contributed by atoms with Crippen LogP contribution in [0.5, 0.6) is 5.75 Å². The third-order valence-corrected chi connectivity index (χ3v) is 4.14. The molecule has 7 heteroatoms. The van der Waals surface area contributed by atoms with Crippen LogP contribution in [0.4, 0.5) is 5.69 Å². The number of amides is 1. The van der Waals surface area contributed by atoms with Gasteiger partial charge in [0.2, 0.25) is 0 Å². The van der Waals surface area contributed by atoms with Gasteiger partial charge in [0.25, 0.3) is 5.91 Å². The molecule has 0 aliphatic carbocycles. The number of aromatic carboxylic acids is 1. The quantitative estimate of drug-likeness (QED) is 0.899. The van der Waals surface area contributed by atoms with Crippen molar-refractivity contribution < 1.29 is 19.4 Å². The summed E-state index contributed by atoms with van der Waals surface area (Å²) in [6.45, 7) is 1.73. The summed E-state index contributed by atoms with van der Waals surface area (Å²) in [6, 6.07) is 4.62. The van der Waals surface area contributed by atoms with E-state index in [0.29, 0.717) is 22.0 Å². The summed E-state index contributed by atoms with van der Waals surface area (Å²) in [6.07, 6.45) is 0. The normalized spacial score (nSPS) is 10.2. The average molecular weight is 326 g/mol. The molecule has 1 heterocycles. The van der Waals surface area contributed by atoms with Crippen molar-refractivity contribution in [2.24, 2.45) is 0 Å². The van der Waals surface area contributed by atoms with Gasteiger partial charge < -0.3 is 15.2 Å². The number of rotatable bonds is 4. The predicted molar refractivity (Wildman–Crippen MR) is 82.0 cm³/mol. The maximum atomic E-state index is 12.3. The Balaban J connectivity index is 2.35. The third-order valence-electron chi connectivity index (χ3n) is 2.82. The van der Waals surface area contributed by atoms with E-state index in [1.54, 1.807) is 18.4 Å². The highest BCUT2D eigenvalue weighted by molar-refractivity contribution is 7.12. The first kappa shape index (κ1) is 15.3. The van der Waals surface area contributed by atoms with Crippen LogP contribution in [0.25, 0.3) is 0 Å². The van der Waals surface area contributed by atoms with Crippen LogP contribution < -0.4 is 10.1 Å². The van der Waals surface area contributed by atoms with Crippen molar-refractivity contribution in [2.75, 3.05) is 12.4 Å². The van der Waals surface area contributed by atoms with E-state index in [-0.39, 0.29) is 10.4 Å². The van der Waals surface area contributed by atoms with Crippen molar-refractivity contribution in [3.8, 4) is 5.75 Å². The molecule has 0 fully saturated rings. The van der Waals surface area contributed by atoms with Crippen LogP contribution in [-0.2, 0) is 0 Å². The van der Waals surface area contributed by atoms with Gasteiger partial charge in [-0.3, -0.25) is 4.79 Å². The topological polar surface area (TPSA) is 75.6 Å². The number of carbonyl (C=O) groups excluding carboxylic acids is 1. The Morgan fingerprint density at radius 3 is 2.71 bits per heavy atom. The molecule has 2 aromatic rings. The Bertz CT molecular complexity index is 711. The number of methoxy groups -OCH3 is 1. The highest BCUT2D eigenvalue weighted by atomic mass is 35.5. The fraction of sp³-hybridized carbons (Fsp3) is 0.143. The van der Waals surface area contributed by atoms with Crippen LogP contribution in [-0.4, -0.2) is 24.1 Å². The van der Waals surface area contributed by atoms with Gasteiger partial charge in [0.15, 0.2) is 0 Å². The first-order valence-corrected chi connectivity index (χ1v) is 7.16. The number of thiophene rings is 1. The standard InChI is InChI=1S/C14H12ClNO4S/c1-7-6-21-12(14(18)19)11(7)16-13(17)9-4-3-8(15)5-10(9)20-2/h3-6H,1-2H3,(H,16,17)(H,18,19). The van der Waals surface area contributed by atoms with Gasteiger partial charge in [-0.1, -0.05) is 11.6 Å². The second kappa shape index (κ2) is 6.15. The average Bonchev–Trinajstić information content (AvgIpc) is 2.80. The number of ether oxygens (including phenoxy) is 1. The fourth-order valence-electron chi connectivity index (χ4n) is 1.79. The zero-order valence-corrected chi connectivity index (χ0v) is 12.8. The molecule has 0 radical (unpaired) electrons. The molecule has 1 aromatic carbocycles. The SMILES string of the molecule is COc1cc(Cl)ccc1C(=O)Nc1c(C)csc1C(=O)O. The molecule has 0 unspecified atom stereocenters. The highest BCUT2D eigenvalue weighted by Gasteiger charge is 2.20. The van der Waals surface area contributed by atoms with E-state index < -0.39 is 11.9 Å². The molecule has 0 aliphatic rings. The van der Waals surface area contributed by atoms with Gasteiger partial charge in [-0.2, -0.15) is 0 Å². The molecule has 110 valence electrons. The number of carbonyl (C=O) groups is 2. The second-order valence-electron chi connectivity index (χ2n) is 4.23. The summed E-state index contributed by atoms with van der Waals surface area (Å²) >= 11 is 6.91. The van der Waals surface area contributed by atoms with Crippen molar-refractivity contribution in [3.05, 3.63) is 44.6 Å². The summed E-state index contributed by atoms with van der Waals surface area (Å²) in [7, 11) is 1.43. The second-order valence-corrected chi connectivity index (χ2v) is 5.54. The van der Waals surface area contributed by atoms with E-state index in [0.717, 1.165) is 11.3 Å². The Hall–Kier alpha value is -2.05. The van der Waals surface area contributed by atoms with Crippen molar-refractivity contribution in [1.29, 1.82) is 0 Å². The highest BCUT2D eigenvalue weighted by Crippen LogP contribution is 2.29. The Labute approximate surface area is 130 Å². The summed E-state index contributed by atoms with van der Waals surface area (Å²) in [5, 5.41) is 13.9. The number of hydrogen-bond acceptors (Lipinski definition) is 4. The fourth-order valence-corrected chi connectivity index (χ4v) is 2.80. The first-order chi connectivity index (χ1) is 9.93. The first-order valence-electron chi connectivity index (χ1n) is 5.90. The maximum Gasteiger partial charge on any atom is 0.348 e. The number of carboxylic acids is 1. The third kappa shape index (κ3) is 3.17. The molecule has 0 atom stereocenters. The molecule has 2 N–H and O–H groups in total. The number of benzene rings is 1. The molecular formula is C14H12ClNO4S. The maximum absolute atomic E-state index is 12.3. The van der Waals surface area contributed by atoms with Crippen molar-refractivity contribution in [1.82, 2.24) is 0 Å². The number of anilines is 1. The van der Waals surface area contributed by atoms with Crippen LogP contribution in [0.2, 0.25) is 5.02 Å². The molecule has 0 spiro atoms. The van der Waals surface area contributed by atoms with Crippen LogP contribution >= 0.6 is 22.9 Å². The van der Waals surface area contributed by atoms with E-state index in [9.17, 15) is 9.59 Å². The lowest BCUT2D eigenvalue weighted by molar-refractivity contribution is 0.0703. The molecule has 5 nitrogen and oxygen atoms in total. The summed E-state index contributed by atoms with van der Waals surface area (Å²) in [5.74, 6) is -1.20. The summed E-state index contributed by atoms with van der Waals surface area (Å²) in [5.41, 5.74) is 1.28. The van der Waals surface area contributed by atoms with E-state index >= 15 is 0 Å². The molecule has 0 bridgehead atoms. The van der Waals surface area contributed by atoms with Gasteiger partial charge in [-0.15, -0.1) is 11.3 Å². The van der Waals surface area contributed by atoms with Gasteiger partial charge in [-0.25, -0.2) is 4.79 Å².